The molecule has 0 aromatic heterocycles. The van der Waals surface area contributed by atoms with Crippen LogP contribution in [0.15, 0.2) is 18.2 Å². The minimum Gasteiger partial charge on any atom is -0.508 e. The summed E-state index contributed by atoms with van der Waals surface area (Å²) in [7, 11) is -2.99. The normalized spacial score (nSPS) is 15.3. The van der Waals surface area contributed by atoms with Gasteiger partial charge in [-0.15, -0.1) is 0 Å². The minimum absolute atomic E-state index is 0.0873. The lowest BCUT2D eigenvalue weighted by atomic mass is 10.0. The first-order valence-electron chi connectivity index (χ1n) is 5.92. The molecule has 0 aliphatic carbocycles. The fraction of sp³-hybridized carbons (Fsp3) is 0.538. The van der Waals surface area contributed by atoms with Crippen LogP contribution in [0.3, 0.4) is 0 Å². The van der Waals surface area contributed by atoms with Crippen LogP contribution in [0.25, 0.3) is 0 Å². The van der Waals surface area contributed by atoms with Crippen molar-refractivity contribution in [2.45, 2.75) is 32.9 Å². The number of rotatable bonds is 5. The smallest absolute Gasteiger partial charge is 0.148 e. The van der Waals surface area contributed by atoms with Crippen molar-refractivity contribution in [3.63, 3.8) is 0 Å². The van der Waals surface area contributed by atoms with E-state index in [0.717, 1.165) is 11.1 Å². The molecule has 0 saturated heterocycles. The molecule has 2 atom stereocenters. The second kappa shape index (κ2) is 5.71. The molecule has 102 valence electrons. The van der Waals surface area contributed by atoms with Crippen molar-refractivity contribution in [2.24, 2.45) is 0 Å². The molecule has 0 aliphatic heterocycles. The van der Waals surface area contributed by atoms with Gasteiger partial charge in [-0.05, 0) is 32.4 Å². The molecule has 1 aromatic rings. The number of nitrogens with one attached hydrogen (secondary N) is 1. The lowest BCUT2D eigenvalue weighted by Gasteiger charge is -2.20. The van der Waals surface area contributed by atoms with E-state index in [0.29, 0.717) is 0 Å². The van der Waals surface area contributed by atoms with E-state index in [2.05, 4.69) is 5.32 Å². The fourth-order valence-corrected chi connectivity index (χ4v) is 3.04. The van der Waals surface area contributed by atoms with Gasteiger partial charge in [-0.3, -0.25) is 0 Å². The number of benzene rings is 1. The molecule has 5 heteroatoms. The molecule has 1 rings (SSSR count). The highest BCUT2D eigenvalue weighted by Crippen LogP contribution is 2.25. The van der Waals surface area contributed by atoms with E-state index in [1.54, 1.807) is 6.07 Å². The van der Waals surface area contributed by atoms with Crippen LogP contribution >= 0.6 is 0 Å². The maximum Gasteiger partial charge on any atom is 0.148 e. The molecule has 0 bridgehead atoms. The predicted octanol–water partition coefficient (Wildman–Crippen LogP) is 1.78. The van der Waals surface area contributed by atoms with Gasteiger partial charge in [0.05, 0.1) is 5.75 Å². The molecule has 0 heterocycles. The summed E-state index contributed by atoms with van der Waals surface area (Å²) < 4.78 is 22.4. The van der Waals surface area contributed by atoms with Gasteiger partial charge in [0.1, 0.15) is 15.6 Å². The summed E-state index contributed by atoms with van der Waals surface area (Å²) >= 11 is 0. The molecular weight excluding hydrogens is 250 g/mol. The number of phenolic OH excluding ortho intramolecular Hbond substituents is 1. The fourth-order valence-electron chi connectivity index (χ4n) is 2.04. The molecular formula is C13H21NO3S. The third-order valence-corrected chi connectivity index (χ3v) is 3.85. The van der Waals surface area contributed by atoms with E-state index < -0.39 is 9.84 Å². The second-order valence-corrected chi connectivity index (χ2v) is 7.13. The molecule has 0 amide bonds. The Morgan fingerprint density at radius 1 is 1.33 bits per heavy atom. The van der Waals surface area contributed by atoms with Crippen molar-refractivity contribution >= 4 is 9.84 Å². The van der Waals surface area contributed by atoms with Crippen molar-refractivity contribution in [3.05, 3.63) is 29.3 Å². The van der Waals surface area contributed by atoms with E-state index in [1.165, 1.54) is 6.26 Å². The van der Waals surface area contributed by atoms with Gasteiger partial charge in [-0.25, -0.2) is 8.42 Å². The Morgan fingerprint density at radius 2 is 1.94 bits per heavy atom. The van der Waals surface area contributed by atoms with E-state index in [4.69, 9.17) is 0 Å². The Labute approximate surface area is 109 Å². The summed E-state index contributed by atoms with van der Waals surface area (Å²) in [5.41, 5.74) is 1.77. The van der Waals surface area contributed by atoms with Crippen LogP contribution in [0.4, 0.5) is 0 Å². The zero-order chi connectivity index (χ0) is 13.9. The number of aryl methyl sites for hydroxylation is 1. The van der Waals surface area contributed by atoms with Gasteiger partial charge in [0, 0.05) is 23.9 Å². The summed E-state index contributed by atoms with van der Waals surface area (Å²) in [5.74, 6) is 0.325. The Balaban J connectivity index is 2.73. The Bertz CT molecular complexity index is 511. The SMILES string of the molecule is Cc1ccc(C(C)NC(C)CS(C)(=O)=O)c(O)c1. The van der Waals surface area contributed by atoms with Gasteiger partial charge in [-0.2, -0.15) is 0 Å². The van der Waals surface area contributed by atoms with Crippen LogP contribution in [0.5, 0.6) is 5.75 Å². The van der Waals surface area contributed by atoms with Gasteiger partial charge in [0.15, 0.2) is 0 Å². The van der Waals surface area contributed by atoms with Crippen LogP contribution in [-0.2, 0) is 9.84 Å². The molecule has 0 fully saturated rings. The van der Waals surface area contributed by atoms with Gasteiger partial charge >= 0.3 is 0 Å². The third kappa shape index (κ3) is 4.66. The first-order chi connectivity index (χ1) is 8.19. The number of aromatic hydroxyl groups is 1. The van der Waals surface area contributed by atoms with Crippen LogP contribution in [0.2, 0.25) is 0 Å². The summed E-state index contributed by atoms with van der Waals surface area (Å²) in [6, 6.07) is 5.23. The van der Waals surface area contributed by atoms with Crippen LogP contribution in [-0.4, -0.2) is 31.6 Å². The first-order valence-corrected chi connectivity index (χ1v) is 7.98. The summed E-state index contributed by atoms with van der Waals surface area (Å²) in [6.45, 7) is 5.64. The lowest BCUT2D eigenvalue weighted by molar-refractivity contribution is 0.441. The van der Waals surface area contributed by atoms with Crippen molar-refractivity contribution in [1.29, 1.82) is 0 Å². The molecule has 0 aliphatic rings. The highest BCUT2D eigenvalue weighted by atomic mass is 32.2. The zero-order valence-corrected chi connectivity index (χ0v) is 12.1. The van der Waals surface area contributed by atoms with Crippen molar-refractivity contribution in [3.8, 4) is 5.75 Å². The topological polar surface area (TPSA) is 66.4 Å². The molecule has 0 radical (unpaired) electrons. The van der Waals surface area contributed by atoms with Crippen LogP contribution in [0.1, 0.15) is 31.0 Å². The average molecular weight is 271 g/mol. The highest BCUT2D eigenvalue weighted by molar-refractivity contribution is 7.90. The molecule has 0 spiro atoms. The predicted molar refractivity (Wildman–Crippen MR) is 73.6 cm³/mol. The molecule has 4 nitrogen and oxygen atoms in total. The largest absolute Gasteiger partial charge is 0.508 e. The van der Waals surface area contributed by atoms with Gasteiger partial charge < -0.3 is 10.4 Å². The average Bonchev–Trinajstić information content (AvgIpc) is 2.13. The zero-order valence-electron chi connectivity index (χ0n) is 11.3. The quantitative estimate of drug-likeness (QED) is 0.857. The summed E-state index contributed by atoms with van der Waals surface area (Å²) in [4.78, 5) is 0. The van der Waals surface area contributed by atoms with Crippen LogP contribution < -0.4 is 5.32 Å². The molecule has 18 heavy (non-hydrogen) atoms. The van der Waals surface area contributed by atoms with Crippen molar-refractivity contribution in [1.82, 2.24) is 5.32 Å². The van der Waals surface area contributed by atoms with E-state index in [-0.39, 0.29) is 23.6 Å². The monoisotopic (exact) mass is 271 g/mol. The van der Waals surface area contributed by atoms with Gasteiger partial charge in [0.25, 0.3) is 0 Å². The maximum atomic E-state index is 11.2. The highest BCUT2D eigenvalue weighted by Gasteiger charge is 2.16. The molecule has 0 saturated carbocycles. The van der Waals surface area contributed by atoms with E-state index in [1.807, 2.05) is 32.9 Å². The van der Waals surface area contributed by atoms with E-state index in [9.17, 15) is 13.5 Å². The Hall–Kier alpha value is -1.07. The van der Waals surface area contributed by atoms with E-state index >= 15 is 0 Å². The Morgan fingerprint density at radius 3 is 2.44 bits per heavy atom. The standard InChI is InChI=1S/C13H21NO3S/c1-9-5-6-12(13(15)7-9)11(3)14-10(2)8-18(4,16)17/h5-7,10-11,14-15H,8H2,1-4H3. The number of hydrogen-bond donors (Lipinski definition) is 2. The number of sulfone groups is 1. The second-order valence-electron chi connectivity index (χ2n) is 4.94. The summed E-state index contributed by atoms with van der Waals surface area (Å²) in [6.07, 6.45) is 1.22. The van der Waals surface area contributed by atoms with Crippen molar-refractivity contribution in [2.75, 3.05) is 12.0 Å². The maximum absolute atomic E-state index is 11.2. The summed E-state index contributed by atoms with van der Waals surface area (Å²) in [5, 5.41) is 13.0. The Kier molecular flexibility index (Phi) is 4.76. The van der Waals surface area contributed by atoms with Gasteiger partial charge in [-0.1, -0.05) is 12.1 Å². The molecule has 2 N–H and O–H groups in total. The first kappa shape index (κ1) is 15.0. The van der Waals surface area contributed by atoms with Crippen molar-refractivity contribution < 1.29 is 13.5 Å². The number of hydrogen-bond acceptors (Lipinski definition) is 4. The molecule has 1 aromatic carbocycles. The lowest BCUT2D eigenvalue weighted by Crippen LogP contribution is -2.34. The third-order valence-electron chi connectivity index (χ3n) is 2.74. The van der Waals surface area contributed by atoms with Gasteiger partial charge in [0.2, 0.25) is 0 Å². The molecule has 2 unspecified atom stereocenters. The van der Waals surface area contributed by atoms with Crippen LogP contribution in [0, 0.1) is 6.92 Å². The minimum atomic E-state index is -2.99. The number of phenols is 1.